The Morgan fingerprint density at radius 2 is 2.00 bits per heavy atom. The van der Waals surface area contributed by atoms with Gasteiger partial charge in [-0.2, -0.15) is 13.2 Å². The maximum absolute atomic E-state index is 12.3. The maximum Gasteiger partial charge on any atom is 0.401 e. The SMILES string of the molecule is CCCNC(CCN(CC)CC(F)(F)F)C(=O)OC. The largest absolute Gasteiger partial charge is 0.468 e. The minimum absolute atomic E-state index is 0.201. The minimum Gasteiger partial charge on any atom is -0.468 e. The molecule has 0 aromatic rings. The second kappa shape index (κ2) is 9.14. The van der Waals surface area contributed by atoms with Crippen molar-refractivity contribution in [1.29, 1.82) is 0 Å². The summed E-state index contributed by atoms with van der Waals surface area (Å²) < 4.78 is 41.5. The van der Waals surface area contributed by atoms with E-state index in [1.54, 1.807) is 6.92 Å². The van der Waals surface area contributed by atoms with Crippen molar-refractivity contribution in [2.24, 2.45) is 0 Å². The first-order valence-corrected chi connectivity index (χ1v) is 6.44. The molecule has 7 heteroatoms. The molecule has 0 aliphatic heterocycles. The first-order valence-electron chi connectivity index (χ1n) is 6.44. The summed E-state index contributed by atoms with van der Waals surface area (Å²) in [4.78, 5) is 12.7. The normalized spacial score (nSPS) is 13.6. The molecule has 4 nitrogen and oxygen atoms in total. The third-order valence-electron chi connectivity index (χ3n) is 2.71. The molecule has 1 unspecified atom stereocenters. The number of carbonyl (C=O) groups is 1. The second-order valence-electron chi connectivity index (χ2n) is 4.30. The molecule has 0 heterocycles. The van der Waals surface area contributed by atoms with Crippen molar-refractivity contribution in [3.8, 4) is 0 Å². The topological polar surface area (TPSA) is 41.6 Å². The van der Waals surface area contributed by atoms with Gasteiger partial charge in [-0.3, -0.25) is 9.69 Å². The Bertz CT molecular complexity index is 260. The van der Waals surface area contributed by atoms with Gasteiger partial charge in [0.15, 0.2) is 0 Å². The minimum atomic E-state index is -4.21. The van der Waals surface area contributed by atoms with E-state index in [-0.39, 0.29) is 6.54 Å². The highest BCUT2D eigenvalue weighted by atomic mass is 19.4. The predicted octanol–water partition coefficient (Wildman–Crippen LogP) is 1.80. The van der Waals surface area contributed by atoms with E-state index in [0.29, 0.717) is 19.5 Å². The summed E-state index contributed by atoms with van der Waals surface area (Å²) in [6.45, 7) is 3.78. The standard InChI is InChI=1S/C12H23F3N2O2/c1-4-7-16-10(11(18)19-3)6-8-17(5-2)9-12(13,14)15/h10,16H,4-9H2,1-3H3. The fraction of sp³-hybridized carbons (Fsp3) is 0.917. The van der Waals surface area contributed by atoms with Gasteiger partial charge in [0.2, 0.25) is 0 Å². The van der Waals surface area contributed by atoms with Crippen molar-refractivity contribution < 1.29 is 22.7 Å². The van der Waals surface area contributed by atoms with E-state index in [1.165, 1.54) is 12.0 Å². The third kappa shape index (κ3) is 8.83. The molecule has 0 amide bonds. The van der Waals surface area contributed by atoms with E-state index in [0.717, 1.165) is 6.42 Å². The lowest BCUT2D eigenvalue weighted by Crippen LogP contribution is -2.42. The average Bonchev–Trinajstić information content (AvgIpc) is 2.35. The van der Waals surface area contributed by atoms with Crippen LogP contribution in [0.5, 0.6) is 0 Å². The number of hydrogen-bond donors (Lipinski definition) is 1. The Balaban J connectivity index is 4.30. The number of methoxy groups -OCH3 is 1. The molecule has 0 rings (SSSR count). The lowest BCUT2D eigenvalue weighted by Gasteiger charge is -2.24. The van der Waals surface area contributed by atoms with Crippen LogP contribution < -0.4 is 5.32 Å². The van der Waals surface area contributed by atoms with Gasteiger partial charge in [-0.1, -0.05) is 13.8 Å². The van der Waals surface area contributed by atoms with Gasteiger partial charge >= 0.3 is 12.1 Å². The number of hydrogen-bond acceptors (Lipinski definition) is 4. The zero-order valence-electron chi connectivity index (χ0n) is 11.7. The molecule has 0 radical (unpaired) electrons. The van der Waals surface area contributed by atoms with Crippen LogP contribution in [0.3, 0.4) is 0 Å². The van der Waals surface area contributed by atoms with Crippen molar-refractivity contribution in [3.63, 3.8) is 0 Å². The molecule has 0 aromatic heterocycles. The van der Waals surface area contributed by atoms with E-state index in [4.69, 9.17) is 0 Å². The van der Waals surface area contributed by atoms with Crippen LogP contribution in [0.4, 0.5) is 13.2 Å². The van der Waals surface area contributed by atoms with Crippen molar-refractivity contribution >= 4 is 5.97 Å². The number of carbonyl (C=O) groups excluding carboxylic acids is 1. The van der Waals surface area contributed by atoms with E-state index in [1.807, 2.05) is 6.92 Å². The molecule has 1 N–H and O–H groups in total. The lowest BCUT2D eigenvalue weighted by molar-refractivity contribution is -0.147. The molecule has 1 atom stereocenters. The van der Waals surface area contributed by atoms with Crippen molar-refractivity contribution in [1.82, 2.24) is 10.2 Å². The van der Waals surface area contributed by atoms with Gasteiger partial charge in [0, 0.05) is 6.54 Å². The molecule has 0 aromatic carbocycles. The Morgan fingerprint density at radius 1 is 1.37 bits per heavy atom. The van der Waals surface area contributed by atoms with Gasteiger partial charge < -0.3 is 10.1 Å². The molecule has 19 heavy (non-hydrogen) atoms. The molecule has 0 bridgehead atoms. The van der Waals surface area contributed by atoms with Crippen LogP contribution in [0.15, 0.2) is 0 Å². The average molecular weight is 284 g/mol. The van der Waals surface area contributed by atoms with Gasteiger partial charge in [-0.25, -0.2) is 0 Å². The first-order chi connectivity index (χ1) is 8.84. The Morgan fingerprint density at radius 3 is 2.42 bits per heavy atom. The lowest BCUT2D eigenvalue weighted by atomic mass is 10.2. The Hall–Kier alpha value is -0.820. The number of halogens is 3. The van der Waals surface area contributed by atoms with Gasteiger partial charge in [-0.05, 0) is 25.9 Å². The summed E-state index contributed by atoms with van der Waals surface area (Å²) in [5.41, 5.74) is 0. The van der Waals surface area contributed by atoms with E-state index in [2.05, 4.69) is 10.1 Å². The molecule has 0 saturated heterocycles. The smallest absolute Gasteiger partial charge is 0.401 e. The van der Waals surface area contributed by atoms with Gasteiger partial charge in [0.1, 0.15) is 6.04 Å². The summed E-state index contributed by atoms with van der Waals surface area (Å²) in [5, 5.41) is 2.98. The molecular formula is C12H23F3N2O2. The second-order valence-corrected chi connectivity index (χ2v) is 4.30. The fourth-order valence-corrected chi connectivity index (χ4v) is 1.68. The molecule has 0 fully saturated rings. The van der Waals surface area contributed by atoms with Gasteiger partial charge in [-0.15, -0.1) is 0 Å². The van der Waals surface area contributed by atoms with Crippen molar-refractivity contribution in [3.05, 3.63) is 0 Å². The maximum atomic E-state index is 12.3. The molecule has 0 saturated carbocycles. The van der Waals surface area contributed by atoms with Crippen LogP contribution in [0.1, 0.15) is 26.7 Å². The monoisotopic (exact) mass is 284 g/mol. The molecule has 0 aliphatic rings. The number of ether oxygens (including phenoxy) is 1. The quantitative estimate of drug-likeness (QED) is 0.656. The summed E-state index contributed by atoms with van der Waals surface area (Å²) in [5.74, 6) is -0.434. The van der Waals surface area contributed by atoms with Crippen LogP contribution in [-0.4, -0.2) is 56.4 Å². The Labute approximate surface area is 112 Å². The number of esters is 1. The van der Waals surface area contributed by atoms with E-state index >= 15 is 0 Å². The highest BCUT2D eigenvalue weighted by molar-refractivity contribution is 5.75. The Kier molecular flexibility index (Phi) is 8.75. The predicted molar refractivity (Wildman–Crippen MR) is 66.9 cm³/mol. The highest BCUT2D eigenvalue weighted by Gasteiger charge is 2.30. The highest BCUT2D eigenvalue weighted by Crippen LogP contribution is 2.16. The number of rotatable bonds is 9. The molecule has 0 spiro atoms. The third-order valence-corrected chi connectivity index (χ3v) is 2.71. The zero-order chi connectivity index (χ0) is 14.9. The van der Waals surface area contributed by atoms with Crippen LogP contribution in [0.25, 0.3) is 0 Å². The summed E-state index contributed by atoms with van der Waals surface area (Å²) in [6, 6.07) is -0.549. The van der Waals surface area contributed by atoms with Crippen LogP contribution >= 0.6 is 0 Å². The number of nitrogens with zero attached hydrogens (tertiary/aromatic N) is 1. The molecule has 114 valence electrons. The van der Waals surface area contributed by atoms with Gasteiger partial charge in [0.25, 0.3) is 0 Å². The summed E-state index contributed by atoms with van der Waals surface area (Å²) in [6.07, 6.45) is -3.07. The van der Waals surface area contributed by atoms with E-state index < -0.39 is 24.7 Å². The van der Waals surface area contributed by atoms with Gasteiger partial charge in [0.05, 0.1) is 13.7 Å². The molecular weight excluding hydrogens is 261 g/mol. The van der Waals surface area contributed by atoms with Crippen molar-refractivity contribution in [2.45, 2.75) is 38.9 Å². The number of nitrogens with one attached hydrogen (secondary N) is 1. The van der Waals surface area contributed by atoms with Crippen LogP contribution in [-0.2, 0) is 9.53 Å². The first kappa shape index (κ1) is 18.2. The van der Waals surface area contributed by atoms with Crippen LogP contribution in [0, 0.1) is 0 Å². The van der Waals surface area contributed by atoms with Crippen LogP contribution in [0.2, 0.25) is 0 Å². The number of alkyl halides is 3. The molecule has 0 aliphatic carbocycles. The van der Waals surface area contributed by atoms with Crippen molar-refractivity contribution in [2.75, 3.05) is 33.3 Å². The fourth-order valence-electron chi connectivity index (χ4n) is 1.68. The summed E-state index contributed by atoms with van der Waals surface area (Å²) in [7, 11) is 1.27. The van der Waals surface area contributed by atoms with E-state index in [9.17, 15) is 18.0 Å². The summed E-state index contributed by atoms with van der Waals surface area (Å²) >= 11 is 0. The zero-order valence-corrected chi connectivity index (χ0v) is 11.7.